The molecule has 0 bridgehead atoms. The Bertz CT molecular complexity index is 997. The van der Waals surface area contributed by atoms with E-state index < -0.39 is 6.29 Å². The number of carbonyl (C=O) groups excluding carboxylic acids is 1. The lowest BCUT2D eigenvalue weighted by atomic mass is 10.1. The van der Waals surface area contributed by atoms with Gasteiger partial charge in [0.2, 0.25) is 11.9 Å². The van der Waals surface area contributed by atoms with Gasteiger partial charge in [-0.05, 0) is 37.6 Å². The normalized spacial score (nSPS) is 19.4. The van der Waals surface area contributed by atoms with Crippen LogP contribution in [0.25, 0.3) is 10.9 Å². The summed E-state index contributed by atoms with van der Waals surface area (Å²) < 4.78 is 0. The lowest BCUT2D eigenvalue weighted by Crippen LogP contribution is -2.60. The smallest absolute Gasteiger partial charge is 0.226 e. The third-order valence-electron chi connectivity index (χ3n) is 4.53. The number of nitrogens with zero attached hydrogens (tertiary/aromatic N) is 3. The molecule has 1 amide bonds. The van der Waals surface area contributed by atoms with Crippen LogP contribution in [-0.4, -0.2) is 38.9 Å². The highest BCUT2D eigenvalue weighted by Crippen LogP contribution is 2.20. The molecule has 28 heavy (non-hydrogen) atoms. The number of nitrogens with one attached hydrogen (secondary N) is 3. The van der Waals surface area contributed by atoms with Crippen molar-refractivity contribution in [3.8, 4) is 0 Å². The van der Waals surface area contributed by atoms with Crippen LogP contribution < -0.4 is 16.0 Å². The first-order valence-electron chi connectivity index (χ1n) is 9.17. The zero-order valence-electron chi connectivity index (χ0n) is 15.8. The van der Waals surface area contributed by atoms with Gasteiger partial charge in [-0.2, -0.15) is 0 Å². The van der Waals surface area contributed by atoms with Gasteiger partial charge in [-0.25, -0.2) is 15.0 Å². The van der Waals surface area contributed by atoms with E-state index in [1.807, 2.05) is 44.2 Å². The van der Waals surface area contributed by atoms with Crippen molar-refractivity contribution in [2.24, 2.45) is 0 Å². The maximum atomic E-state index is 12.2. The molecule has 0 aliphatic carbocycles. The molecule has 8 heteroatoms. The largest absolute Gasteiger partial charge is 0.323 e. The van der Waals surface area contributed by atoms with Gasteiger partial charge < -0.3 is 10.6 Å². The summed E-state index contributed by atoms with van der Waals surface area (Å²) in [5, 5.41) is 11.5. The highest BCUT2D eigenvalue weighted by molar-refractivity contribution is 7.99. The molecule has 2 unspecified atom stereocenters. The molecular formula is C20H22N6OS. The fourth-order valence-corrected chi connectivity index (χ4v) is 4.07. The minimum absolute atomic E-state index is 0.00349. The molecule has 1 aliphatic heterocycles. The number of amides is 1. The van der Waals surface area contributed by atoms with E-state index in [9.17, 15) is 4.79 Å². The highest BCUT2D eigenvalue weighted by Gasteiger charge is 2.26. The van der Waals surface area contributed by atoms with Crippen LogP contribution in [-0.2, 0) is 4.79 Å². The Balaban J connectivity index is 1.45. The number of pyridine rings is 1. The molecule has 1 aromatic carbocycles. The summed E-state index contributed by atoms with van der Waals surface area (Å²) in [5.74, 6) is 1.24. The first-order valence-corrected chi connectivity index (χ1v) is 10.2. The maximum Gasteiger partial charge on any atom is 0.226 e. The molecule has 2 aromatic heterocycles. The van der Waals surface area contributed by atoms with Crippen LogP contribution in [0, 0.1) is 13.8 Å². The van der Waals surface area contributed by atoms with E-state index in [1.54, 1.807) is 18.0 Å². The van der Waals surface area contributed by atoms with Crippen molar-refractivity contribution in [2.75, 3.05) is 11.1 Å². The predicted molar refractivity (Wildman–Crippen MR) is 111 cm³/mol. The zero-order chi connectivity index (χ0) is 19.5. The van der Waals surface area contributed by atoms with Crippen molar-refractivity contribution < 1.29 is 4.79 Å². The van der Waals surface area contributed by atoms with E-state index in [0.29, 0.717) is 12.4 Å². The Labute approximate surface area is 167 Å². The average Bonchev–Trinajstić information content (AvgIpc) is 2.66. The number of hydrogen-bond donors (Lipinski definition) is 3. The number of carbonyl (C=O) groups is 1. The Morgan fingerprint density at radius 1 is 1.21 bits per heavy atom. The maximum absolute atomic E-state index is 12.2. The summed E-state index contributed by atoms with van der Waals surface area (Å²) in [7, 11) is 0. The van der Waals surface area contributed by atoms with Crippen molar-refractivity contribution >= 4 is 34.5 Å². The summed E-state index contributed by atoms with van der Waals surface area (Å²) >= 11 is 1.63. The highest BCUT2D eigenvalue weighted by atomic mass is 32.2. The van der Waals surface area contributed by atoms with Crippen LogP contribution in [0.5, 0.6) is 0 Å². The summed E-state index contributed by atoms with van der Waals surface area (Å²) in [6.45, 7) is 4.00. The topological polar surface area (TPSA) is 91.8 Å². The minimum atomic E-state index is -0.419. The van der Waals surface area contributed by atoms with Gasteiger partial charge in [0.05, 0.1) is 16.2 Å². The third-order valence-corrected chi connectivity index (χ3v) is 5.63. The summed E-state index contributed by atoms with van der Waals surface area (Å²) in [5.41, 5.74) is 2.93. The SMILES string of the molecule is Cc1ccc2c(C)nc(NC3NC(=O)CC(CSc4ccccn4)N3)nc2c1. The molecule has 2 atom stereocenters. The lowest BCUT2D eigenvalue weighted by molar-refractivity contribution is -0.123. The first kappa shape index (κ1) is 18.6. The third kappa shape index (κ3) is 4.40. The molecule has 144 valence electrons. The van der Waals surface area contributed by atoms with Gasteiger partial charge in [0, 0.05) is 29.8 Å². The van der Waals surface area contributed by atoms with Crippen molar-refractivity contribution in [1.82, 2.24) is 25.6 Å². The molecule has 1 saturated heterocycles. The van der Waals surface area contributed by atoms with E-state index in [-0.39, 0.29) is 11.9 Å². The number of fused-ring (bicyclic) bond motifs is 1. The lowest BCUT2D eigenvalue weighted by Gasteiger charge is -2.31. The molecule has 0 saturated carbocycles. The second kappa shape index (κ2) is 8.12. The second-order valence-corrected chi connectivity index (χ2v) is 7.89. The molecule has 3 N–H and O–H groups in total. The summed E-state index contributed by atoms with van der Waals surface area (Å²) in [6, 6.07) is 12.0. The van der Waals surface area contributed by atoms with E-state index in [4.69, 9.17) is 0 Å². The Hall–Kier alpha value is -2.71. The van der Waals surface area contributed by atoms with Crippen molar-refractivity contribution in [2.45, 2.75) is 37.6 Å². The number of hydrogen-bond acceptors (Lipinski definition) is 7. The van der Waals surface area contributed by atoms with Gasteiger partial charge in [-0.3, -0.25) is 10.1 Å². The molecule has 0 radical (unpaired) electrons. The number of benzene rings is 1. The number of rotatable bonds is 5. The Kier molecular flexibility index (Phi) is 5.40. The van der Waals surface area contributed by atoms with Gasteiger partial charge in [0.15, 0.2) is 6.29 Å². The van der Waals surface area contributed by atoms with E-state index in [0.717, 1.165) is 32.9 Å². The van der Waals surface area contributed by atoms with Crippen molar-refractivity contribution in [3.05, 3.63) is 53.9 Å². The van der Waals surface area contributed by atoms with Crippen LogP contribution in [0.1, 0.15) is 17.7 Å². The predicted octanol–water partition coefficient (Wildman–Crippen LogP) is 2.61. The quantitative estimate of drug-likeness (QED) is 0.573. The number of anilines is 1. The monoisotopic (exact) mass is 394 g/mol. The molecular weight excluding hydrogens is 372 g/mol. The molecule has 0 spiro atoms. The molecule has 3 heterocycles. The number of thioether (sulfide) groups is 1. The Morgan fingerprint density at radius 3 is 2.93 bits per heavy atom. The second-order valence-electron chi connectivity index (χ2n) is 6.84. The standard InChI is InChI=1S/C20H22N6OS/c1-12-6-7-15-13(2)22-19(24-16(15)9-12)26-20-23-14(10-17(27)25-20)11-28-18-5-3-4-8-21-18/h3-9,14,20,23H,10-11H2,1-2H3,(H,25,27)(H,22,24,26). The van der Waals surface area contributed by atoms with Crippen LogP contribution in [0.15, 0.2) is 47.6 Å². The molecule has 4 rings (SSSR count). The fourth-order valence-electron chi connectivity index (χ4n) is 3.18. The minimum Gasteiger partial charge on any atom is -0.323 e. The summed E-state index contributed by atoms with van der Waals surface area (Å²) in [6.07, 6.45) is 1.78. The molecule has 1 aliphatic rings. The zero-order valence-corrected chi connectivity index (χ0v) is 16.6. The first-order chi connectivity index (χ1) is 13.6. The van der Waals surface area contributed by atoms with Gasteiger partial charge in [-0.15, -0.1) is 11.8 Å². The van der Waals surface area contributed by atoms with Crippen LogP contribution >= 0.6 is 11.8 Å². The fraction of sp³-hybridized carbons (Fsp3) is 0.300. The van der Waals surface area contributed by atoms with Gasteiger partial charge in [0.1, 0.15) is 0 Å². The van der Waals surface area contributed by atoms with Gasteiger partial charge >= 0.3 is 0 Å². The van der Waals surface area contributed by atoms with Crippen molar-refractivity contribution in [3.63, 3.8) is 0 Å². The molecule has 3 aromatic rings. The average molecular weight is 395 g/mol. The van der Waals surface area contributed by atoms with Crippen molar-refractivity contribution in [1.29, 1.82) is 0 Å². The Morgan fingerprint density at radius 2 is 2.11 bits per heavy atom. The van der Waals surface area contributed by atoms with E-state index in [1.165, 1.54) is 0 Å². The van der Waals surface area contributed by atoms with E-state index >= 15 is 0 Å². The molecule has 7 nitrogen and oxygen atoms in total. The molecule has 1 fully saturated rings. The number of aryl methyl sites for hydroxylation is 2. The van der Waals surface area contributed by atoms with Gasteiger partial charge in [-0.1, -0.05) is 18.2 Å². The number of aromatic nitrogens is 3. The summed E-state index contributed by atoms with van der Waals surface area (Å²) in [4.78, 5) is 25.6. The van der Waals surface area contributed by atoms with Crippen LogP contribution in [0.2, 0.25) is 0 Å². The van der Waals surface area contributed by atoms with Crippen LogP contribution in [0.3, 0.4) is 0 Å². The van der Waals surface area contributed by atoms with Crippen LogP contribution in [0.4, 0.5) is 5.95 Å². The van der Waals surface area contributed by atoms with E-state index in [2.05, 4.69) is 37.0 Å². The van der Waals surface area contributed by atoms with Gasteiger partial charge in [0.25, 0.3) is 0 Å².